The van der Waals surface area contributed by atoms with Gasteiger partial charge in [0.2, 0.25) is 0 Å². The van der Waals surface area contributed by atoms with E-state index in [2.05, 4.69) is 0 Å². The van der Waals surface area contributed by atoms with Crippen molar-refractivity contribution in [2.24, 2.45) is 5.73 Å². The van der Waals surface area contributed by atoms with Crippen LogP contribution in [0.3, 0.4) is 0 Å². The summed E-state index contributed by atoms with van der Waals surface area (Å²) in [6.45, 7) is -0.565. The maximum absolute atomic E-state index is 14.1. The molecule has 56 heavy (non-hydrogen) atoms. The van der Waals surface area contributed by atoms with Gasteiger partial charge in [0.05, 0.1) is 9.79 Å². The van der Waals surface area contributed by atoms with Crippen molar-refractivity contribution in [1.29, 1.82) is 0 Å². The fourth-order valence-corrected chi connectivity index (χ4v) is 8.21. The Labute approximate surface area is 322 Å². The van der Waals surface area contributed by atoms with Crippen LogP contribution in [0.5, 0.6) is 23.0 Å². The number of rotatable bonds is 7. The zero-order chi connectivity index (χ0) is 39.9. The zero-order valence-electron chi connectivity index (χ0n) is 29.4. The standard InChI is InChI=1S/C42H35NO11S2/c43-38(44)23-54-42-34-13-27(25-9-5-2-6-10-25)14-35(42)18-33-22-37(56(51,52)53)21-32(41(33)47)16-31-20-36(55(48,49)50)19-30(40(31)46)15-28-11-26(12-29(17-34)39(28)45)24-7-3-1-4-8-24/h1-14,19-22,45-47H,15-18,23H2,(H2,43,44)(H,48,49,50)(H,51,52,53)/p-3. The molecule has 1 aliphatic carbocycles. The van der Waals surface area contributed by atoms with Gasteiger partial charge in [0, 0.05) is 25.7 Å². The smallest absolute Gasteiger partial charge is 0.255 e. The van der Waals surface area contributed by atoms with Crippen LogP contribution >= 0.6 is 0 Å². The number of carbonyl (C=O) groups is 1. The Bertz CT molecular complexity index is 2750. The first-order valence-corrected chi connectivity index (χ1v) is 20.0. The van der Waals surface area contributed by atoms with E-state index in [0.29, 0.717) is 27.8 Å². The Morgan fingerprint density at radius 2 is 0.893 bits per heavy atom. The lowest BCUT2D eigenvalue weighted by molar-refractivity contribution is -0.270. The molecular weight excluding hydrogens is 759 g/mol. The van der Waals surface area contributed by atoms with Crippen molar-refractivity contribution in [3.05, 3.63) is 154 Å². The molecule has 14 heteroatoms. The van der Waals surface area contributed by atoms with Gasteiger partial charge in [0.15, 0.2) is 6.61 Å². The van der Waals surface area contributed by atoms with E-state index in [0.717, 1.165) is 35.4 Å². The molecule has 0 unspecified atom stereocenters. The molecule has 0 saturated carbocycles. The molecule has 0 saturated heterocycles. The van der Waals surface area contributed by atoms with Crippen molar-refractivity contribution >= 4 is 26.1 Å². The third kappa shape index (κ3) is 7.95. The van der Waals surface area contributed by atoms with Crippen LogP contribution in [-0.4, -0.2) is 48.7 Å². The molecule has 286 valence electrons. The summed E-state index contributed by atoms with van der Waals surface area (Å²) in [7, 11) is -10.3. The summed E-state index contributed by atoms with van der Waals surface area (Å²) in [6, 6.07) is 28.9. The molecule has 12 nitrogen and oxygen atoms in total. The molecule has 0 radical (unpaired) electrons. The minimum Gasteiger partial charge on any atom is -0.872 e. The number of hydrogen-bond donors (Lipinski definition) is 3. The average molecular weight is 791 g/mol. The van der Waals surface area contributed by atoms with Gasteiger partial charge in [0.25, 0.3) is 5.91 Å². The third-order valence-electron chi connectivity index (χ3n) is 9.64. The first-order chi connectivity index (χ1) is 26.5. The van der Waals surface area contributed by atoms with E-state index in [1.807, 2.05) is 60.7 Å². The van der Waals surface area contributed by atoms with Gasteiger partial charge < -0.3 is 34.9 Å². The van der Waals surface area contributed by atoms with Crippen molar-refractivity contribution in [2.45, 2.75) is 35.5 Å². The summed E-state index contributed by atoms with van der Waals surface area (Å²) >= 11 is 0. The van der Waals surface area contributed by atoms with Crippen LogP contribution in [0.2, 0.25) is 0 Å². The Morgan fingerprint density at radius 3 is 1.27 bits per heavy atom. The van der Waals surface area contributed by atoms with Crippen LogP contribution in [0.4, 0.5) is 0 Å². The molecule has 6 aromatic rings. The monoisotopic (exact) mass is 790 g/mol. The summed E-state index contributed by atoms with van der Waals surface area (Å²) in [5.74, 6) is -2.12. The normalized spacial score (nSPS) is 12.9. The number of hydrogen-bond acceptors (Lipinski definition) is 11. The Hall–Kier alpha value is -6.19. The molecule has 8 bridgehead atoms. The van der Waals surface area contributed by atoms with Crippen LogP contribution in [-0.2, 0) is 50.7 Å². The second-order valence-electron chi connectivity index (χ2n) is 13.5. The molecule has 4 N–H and O–H groups in total. The lowest BCUT2D eigenvalue weighted by Gasteiger charge is -2.25. The number of carbonyl (C=O) groups excluding carboxylic acids is 1. The topological polar surface area (TPSA) is 230 Å². The zero-order valence-corrected chi connectivity index (χ0v) is 31.0. The molecule has 1 aliphatic rings. The van der Waals surface area contributed by atoms with Gasteiger partial charge in [-0.15, -0.1) is 5.75 Å². The molecule has 0 fully saturated rings. The average Bonchev–Trinajstić information content (AvgIpc) is 3.15. The first kappa shape index (κ1) is 38.1. The van der Waals surface area contributed by atoms with E-state index in [4.69, 9.17) is 10.5 Å². The number of ether oxygens (including phenoxy) is 1. The minimum atomic E-state index is -5.16. The maximum Gasteiger partial charge on any atom is 0.255 e. The second-order valence-corrected chi connectivity index (χ2v) is 16.3. The summed E-state index contributed by atoms with van der Waals surface area (Å²) < 4.78 is 80.6. The highest BCUT2D eigenvalue weighted by atomic mass is 32.2. The van der Waals surface area contributed by atoms with E-state index < -0.39 is 60.5 Å². The highest BCUT2D eigenvalue weighted by Crippen LogP contribution is 2.42. The maximum atomic E-state index is 14.1. The number of phenolic OH excluding ortho intramolecular Hbond substituents is 2. The molecule has 1 amide bonds. The van der Waals surface area contributed by atoms with E-state index in [9.17, 15) is 46.1 Å². The van der Waals surface area contributed by atoms with Crippen LogP contribution in [0, 0.1) is 0 Å². The van der Waals surface area contributed by atoms with Crippen molar-refractivity contribution in [1.82, 2.24) is 0 Å². The van der Waals surface area contributed by atoms with Gasteiger partial charge in [-0.05, 0) is 115 Å². The number of nitrogens with two attached hydrogens (primary N) is 1. The third-order valence-corrected chi connectivity index (χ3v) is 11.3. The van der Waals surface area contributed by atoms with Crippen molar-refractivity contribution < 1.29 is 50.8 Å². The van der Waals surface area contributed by atoms with Gasteiger partial charge in [-0.2, -0.15) is 0 Å². The summed E-state index contributed by atoms with van der Waals surface area (Å²) in [5, 5.41) is 37.7. The molecule has 6 aromatic carbocycles. The summed E-state index contributed by atoms with van der Waals surface area (Å²) in [4.78, 5) is 10.6. The molecule has 0 heterocycles. The van der Waals surface area contributed by atoms with Crippen LogP contribution in [0.25, 0.3) is 22.3 Å². The molecular formula is C42H32NO11S2-3. The second kappa shape index (κ2) is 14.8. The van der Waals surface area contributed by atoms with E-state index in [-0.39, 0.29) is 58.6 Å². The Balaban J connectivity index is 1.58. The fourth-order valence-electron chi connectivity index (χ4n) is 7.06. The minimum absolute atomic E-state index is 0.0437. The number of primary amides is 1. The predicted molar refractivity (Wildman–Crippen MR) is 201 cm³/mol. The van der Waals surface area contributed by atoms with Crippen LogP contribution in [0.1, 0.15) is 44.5 Å². The highest BCUT2D eigenvalue weighted by molar-refractivity contribution is 7.86. The summed E-state index contributed by atoms with van der Waals surface area (Å²) in [6.07, 6.45) is -1.26. The lowest BCUT2D eigenvalue weighted by Crippen LogP contribution is -2.21. The number of fused-ring (bicyclic) bond motifs is 8. The van der Waals surface area contributed by atoms with Gasteiger partial charge >= 0.3 is 0 Å². The number of aromatic hydroxyl groups is 2. The number of benzene rings is 6. The van der Waals surface area contributed by atoms with Crippen LogP contribution in [0.15, 0.2) is 119 Å². The van der Waals surface area contributed by atoms with E-state index in [1.54, 1.807) is 24.3 Å². The Kier molecular flexibility index (Phi) is 10.1. The van der Waals surface area contributed by atoms with Gasteiger partial charge in [0.1, 0.15) is 37.5 Å². The predicted octanol–water partition coefficient (Wildman–Crippen LogP) is 4.85. The molecule has 0 atom stereocenters. The first-order valence-electron chi connectivity index (χ1n) is 17.2. The lowest BCUT2D eigenvalue weighted by atomic mass is 9.88. The number of phenols is 2. The summed E-state index contributed by atoms with van der Waals surface area (Å²) in [5.41, 5.74) is 8.90. The van der Waals surface area contributed by atoms with E-state index in [1.165, 1.54) is 0 Å². The van der Waals surface area contributed by atoms with Crippen molar-refractivity contribution in [3.63, 3.8) is 0 Å². The largest absolute Gasteiger partial charge is 0.872 e. The quantitative estimate of drug-likeness (QED) is 0.185. The van der Waals surface area contributed by atoms with Gasteiger partial charge in [-0.25, -0.2) is 16.8 Å². The Morgan fingerprint density at radius 1 is 0.554 bits per heavy atom. The molecule has 0 spiro atoms. The SMILES string of the molecule is NC(=O)COc1c2cc(-c3ccccc3)cc1Cc1cc(S(=O)(=O)[O-])cc(c1O)Cc1cc(S(=O)(=O)[O-])cc(c1[O-])Cc1cc(-c3ccccc3)cc(c1O)C2. The molecule has 0 aliphatic heterocycles. The van der Waals surface area contributed by atoms with Gasteiger partial charge in [-0.3, -0.25) is 4.79 Å². The van der Waals surface area contributed by atoms with Crippen LogP contribution < -0.4 is 15.6 Å². The number of amides is 1. The highest BCUT2D eigenvalue weighted by Gasteiger charge is 2.23. The molecule has 0 aromatic heterocycles. The molecule has 7 rings (SSSR count). The fraction of sp³-hybridized carbons (Fsp3) is 0.119. The van der Waals surface area contributed by atoms with Crippen molar-refractivity contribution in [3.8, 4) is 45.3 Å². The van der Waals surface area contributed by atoms with Gasteiger partial charge in [-0.1, -0.05) is 60.7 Å². The van der Waals surface area contributed by atoms with E-state index >= 15 is 0 Å². The van der Waals surface area contributed by atoms with Crippen molar-refractivity contribution in [2.75, 3.05) is 6.61 Å².